The normalized spacial score (nSPS) is 10.2. The van der Waals surface area contributed by atoms with Crippen molar-refractivity contribution in [3.05, 3.63) is 95.2 Å². The quantitative estimate of drug-likeness (QED) is 0.665. The number of amides is 2. The Labute approximate surface area is 163 Å². The summed E-state index contributed by atoms with van der Waals surface area (Å²) in [7, 11) is 1.44. The summed E-state index contributed by atoms with van der Waals surface area (Å²) < 4.78 is 5.18. The minimum Gasteiger partial charge on any atom is -0.480 e. The minimum absolute atomic E-state index is 0.171. The second kappa shape index (κ2) is 9.32. The Hall–Kier alpha value is -3.67. The van der Waals surface area contributed by atoms with Crippen LogP contribution in [0.5, 0.6) is 5.88 Å². The van der Waals surface area contributed by atoms with Crippen LogP contribution in [-0.4, -0.2) is 23.9 Å². The monoisotopic (exact) mass is 375 g/mol. The second-order valence-corrected chi connectivity index (χ2v) is 6.12. The van der Waals surface area contributed by atoms with Crippen LogP contribution < -0.4 is 15.4 Å². The van der Waals surface area contributed by atoms with E-state index in [4.69, 9.17) is 4.74 Å². The van der Waals surface area contributed by atoms with E-state index in [2.05, 4.69) is 15.6 Å². The van der Waals surface area contributed by atoms with Crippen LogP contribution in [0.15, 0.2) is 72.9 Å². The van der Waals surface area contributed by atoms with Gasteiger partial charge < -0.3 is 15.4 Å². The van der Waals surface area contributed by atoms with Gasteiger partial charge in [0.25, 0.3) is 11.8 Å². The lowest BCUT2D eigenvalue weighted by atomic mass is 10.1. The first-order valence-electron chi connectivity index (χ1n) is 8.85. The lowest BCUT2D eigenvalue weighted by Gasteiger charge is -2.11. The Morgan fingerprint density at radius 2 is 1.39 bits per heavy atom. The van der Waals surface area contributed by atoms with Gasteiger partial charge in [-0.15, -0.1) is 0 Å². The number of hydrogen-bond donors (Lipinski definition) is 2. The first-order chi connectivity index (χ1) is 13.7. The summed E-state index contributed by atoms with van der Waals surface area (Å²) in [4.78, 5) is 29.1. The molecule has 0 aliphatic rings. The Kier molecular flexibility index (Phi) is 6.36. The Morgan fingerprint density at radius 3 is 1.93 bits per heavy atom. The third-order valence-corrected chi connectivity index (χ3v) is 4.14. The molecule has 0 bridgehead atoms. The molecule has 3 aromatic rings. The number of nitrogens with zero attached hydrogens (tertiary/aromatic N) is 1. The molecule has 0 saturated carbocycles. The Balaban J connectivity index is 1.70. The SMILES string of the molecule is COc1ncc(C(=O)NCc2ccccc2)cc1C(=O)NCc1ccccc1. The maximum absolute atomic E-state index is 12.6. The van der Waals surface area contributed by atoms with Gasteiger partial charge in [0.05, 0.1) is 12.7 Å². The molecule has 0 aliphatic carbocycles. The molecule has 1 aromatic heterocycles. The van der Waals surface area contributed by atoms with E-state index in [-0.39, 0.29) is 23.3 Å². The van der Waals surface area contributed by atoms with Crippen LogP contribution in [-0.2, 0) is 13.1 Å². The second-order valence-electron chi connectivity index (χ2n) is 6.12. The molecule has 0 aliphatic heterocycles. The van der Waals surface area contributed by atoms with Crippen molar-refractivity contribution in [3.8, 4) is 5.88 Å². The molecule has 0 saturated heterocycles. The third kappa shape index (κ3) is 4.94. The molecule has 3 rings (SSSR count). The van der Waals surface area contributed by atoms with E-state index < -0.39 is 0 Å². The zero-order chi connectivity index (χ0) is 19.8. The number of hydrogen-bond acceptors (Lipinski definition) is 4. The number of methoxy groups -OCH3 is 1. The molecule has 6 heteroatoms. The van der Waals surface area contributed by atoms with E-state index in [9.17, 15) is 9.59 Å². The molecule has 0 atom stereocenters. The van der Waals surface area contributed by atoms with Gasteiger partial charge in [-0.25, -0.2) is 4.98 Å². The smallest absolute Gasteiger partial charge is 0.257 e. The van der Waals surface area contributed by atoms with Crippen LogP contribution in [0.4, 0.5) is 0 Å². The highest BCUT2D eigenvalue weighted by molar-refractivity contribution is 6.00. The van der Waals surface area contributed by atoms with Gasteiger partial charge in [-0.2, -0.15) is 0 Å². The minimum atomic E-state index is -0.356. The number of aromatic nitrogens is 1. The van der Waals surface area contributed by atoms with E-state index in [1.54, 1.807) is 0 Å². The van der Waals surface area contributed by atoms with E-state index in [0.29, 0.717) is 18.7 Å². The standard InChI is InChI=1S/C22H21N3O3/c1-28-22-19(21(27)24-14-17-10-6-3-7-11-17)12-18(15-25-22)20(26)23-13-16-8-4-2-5-9-16/h2-12,15H,13-14H2,1H3,(H,23,26)(H,24,27). The fraction of sp³-hybridized carbons (Fsp3) is 0.136. The number of benzene rings is 2. The molecule has 0 spiro atoms. The van der Waals surface area contributed by atoms with Crippen LogP contribution in [0.25, 0.3) is 0 Å². The van der Waals surface area contributed by atoms with Crippen molar-refractivity contribution >= 4 is 11.8 Å². The van der Waals surface area contributed by atoms with E-state index >= 15 is 0 Å². The maximum Gasteiger partial charge on any atom is 0.257 e. The average molecular weight is 375 g/mol. The van der Waals surface area contributed by atoms with Gasteiger partial charge in [-0.3, -0.25) is 9.59 Å². The first-order valence-corrected chi connectivity index (χ1v) is 8.85. The molecule has 1 heterocycles. The van der Waals surface area contributed by atoms with Crippen molar-refractivity contribution in [2.24, 2.45) is 0 Å². The Morgan fingerprint density at radius 1 is 0.857 bits per heavy atom. The molecule has 142 valence electrons. The van der Waals surface area contributed by atoms with Crippen LogP contribution in [0.3, 0.4) is 0 Å². The number of rotatable bonds is 7. The summed E-state index contributed by atoms with van der Waals surface area (Å²) in [6.45, 7) is 0.758. The van der Waals surface area contributed by atoms with E-state index in [1.807, 2.05) is 60.7 Å². The van der Waals surface area contributed by atoms with Crippen molar-refractivity contribution in [3.63, 3.8) is 0 Å². The number of ether oxygens (including phenoxy) is 1. The average Bonchev–Trinajstić information content (AvgIpc) is 2.76. The van der Waals surface area contributed by atoms with Gasteiger partial charge in [-0.05, 0) is 17.2 Å². The van der Waals surface area contributed by atoms with Gasteiger partial charge in [-0.1, -0.05) is 60.7 Å². The molecular formula is C22H21N3O3. The maximum atomic E-state index is 12.6. The van der Waals surface area contributed by atoms with Gasteiger partial charge in [0.2, 0.25) is 5.88 Å². The van der Waals surface area contributed by atoms with Crippen LogP contribution in [0.1, 0.15) is 31.8 Å². The van der Waals surface area contributed by atoms with Gasteiger partial charge in [0, 0.05) is 19.3 Å². The summed E-state index contributed by atoms with van der Waals surface area (Å²) in [5, 5.41) is 5.65. The largest absolute Gasteiger partial charge is 0.480 e. The number of carbonyl (C=O) groups excluding carboxylic acids is 2. The lowest BCUT2D eigenvalue weighted by Crippen LogP contribution is -2.26. The molecule has 6 nitrogen and oxygen atoms in total. The van der Waals surface area contributed by atoms with Gasteiger partial charge in [0.1, 0.15) is 5.56 Å². The zero-order valence-corrected chi connectivity index (χ0v) is 15.5. The van der Waals surface area contributed by atoms with Crippen molar-refractivity contribution in [2.45, 2.75) is 13.1 Å². The Bertz CT molecular complexity index is 944. The predicted octanol–water partition coefficient (Wildman–Crippen LogP) is 2.95. The van der Waals surface area contributed by atoms with Crippen molar-refractivity contribution in [1.82, 2.24) is 15.6 Å². The summed E-state index contributed by atoms with van der Waals surface area (Å²) in [6, 6.07) is 20.6. The predicted molar refractivity (Wildman–Crippen MR) is 106 cm³/mol. The summed E-state index contributed by atoms with van der Waals surface area (Å²) in [5.41, 5.74) is 2.46. The first kappa shape index (κ1) is 19.1. The highest BCUT2D eigenvalue weighted by atomic mass is 16.5. The van der Waals surface area contributed by atoms with Crippen molar-refractivity contribution < 1.29 is 14.3 Å². The summed E-state index contributed by atoms with van der Waals surface area (Å²) in [6.07, 6.45) is 1.40. The fourth-order valence-corrected chi connectivity index (χ4v) is 2.66. The van der Waals surface area contributed by atoms with Crippen molar-refractivity contribution in [1.29, 1.82) is 0 Å². The van der Waals surface area contributed by atoms with E-state index in [0.717, 1.165) is 11.1 Å². The molecule has 0 radical (unpaired) electrons. The number of pyridine rings is 1. The van der Waals surface area contributed by atoms with E-state index in [1.165, 1.54) is 19.4 Å². The van der Waals surface area contributed by atoms with Gasteiger partial charge in [0.15, 0.2) is 0 Å². The molecule has 2 aromatic carbocycles. The van der Waals surface area contributed by atoms with Crippen molar-refractivity contribution in [2.75, 3.05) is 7.11 Å². The molecule has 28 heavy (non-hydrogen) atoms. The lowest BCUT2D eigenvalue weighted by molar-refractivity contribution is 0.0947. The molecule has 0 unspecified atom stereocenters. The summed E-state index contributed by atoms with van der Waals surface area (Å²) >= 11 is 0. The highest BCUT2D eigenvalue weighted by Crippen LogP contribution is 2.17. The third-order valence-electron chi connectivity index (χ3n) is 4.14. The topological polar surface area (TPSA) is 80.3 Å². The van der Waals surface area contributed by atoms with Gasteiger partial charge >= 0.3 is 0 Å². The van der Waals surface area contributed by atoms with Crippen LogP contribution >= 0.6 is 0 Å². The number of carbonyl (C=O) groups is 2. The van der Waals surface area contributed by atoms with Crippen LogP contribution in [0, 0.1) is 0 Å². The molecule has 2 N–H and O–H groups in total. The summed E-state index contributed by atoms with van der Waals surface area (Å²) in [5.74, 6) is -0.493. The highest BCUT2D eigenvalue weighted by Gasteiger charge is 2.17. The number of nitrogens with one attached hydrogen (secondary N) is 2. The molecular weight excluding hydrogens is 354 g/mol. The van der Waals surface area contributed by atoms with Crippen LogP contribution in [0.2, 0.25) is 0 Å². The molecule has 0 fully saturated rings. The fourth-order valence-electron chi connectivity index (χ4n) is 2.66. The molecule has 2 amide bonds. The zero-order valence-electron chi connectivity index (χ0n) is 15.5.